The van der Waals surface area contributed by atoms with E-state index in [0.29, 0.717) is 5.82 Å². The number of hydrogen-bond acceptors (Lipinski definition) is 3. The smallest absolute Gasteiger partial charge is 0.267 e. The molecular formula is C12H11BrN2OS. The number of hydrogen-bond donors (Lipinski definition) is 1. The van der Waals surface area contributed by atoms with E-state index in [0.717, 1.165) is 20.6 Å². The first-order valence-corrected chi connectivity index (χ1v) is 6.74. The van der Waals surface area contributed by atoms with Gasteiger partial charge in [-0.1, -0.05) is 0 Å². The number of rotatable bonds is 2. The highest BCUT2D eigenvalue weighted by atomic mass is 79.9. The van der Waals surface area contributed by atoms with Crippen LogP contribution < -0.4 is 5.32 Å². The van der Waals surface area contributed by atoms with Gasteiger partial charge < -0.3 is 5.32 Å². The summed E-state index contributed by atoms with van der Waals surface area (Å²) in [6, 6.07) is 5.58. The lowest BCUT2D eigenvalue weighted by atomic mass is 10.3. The molecule has 0 aliphatic rings. The summed E-state index contributed by atoms with van der Waals surface area (Å²) >= 11 is 4.81. The standard InChI is InChI=1S/C12H11BrN2OS/c1-7-5-6-17-11(7)12(16)15-10-4-3-9(13)8(2)14-10/h3-6H,1-2H3,(H,14,15,16). The lowest BCUT2D eigenvalue weighted by Crippen LogP contribution is -2.12. The maximum Gasteiger partial charge on any atom is 0.267 e. The van der Waals surface area contributed by atoms with Crippen LogP contribution in [0.5, 0.6) is 0 Å². The molecule has 5 heteroatoms. The van der Waals surface area contributed by atoms with Gasteiger partial charge in [-0.2, -0.15) is 0 Å². The summed E-state index contributed by atoms with van der Waals surface area (Å²) in [4.78, 5) is 16.9. The van der Waals surface area contributed by atoms with E-state index in [2.05, 4.69) is 26.2 Å². The van der Waals surface area contributed by atoms with Gasteiger partial charge in [0, 0.05) is 4.47 Å². The number of aromatic nitrogens is 1. The van der Waals surface area contributed by atoms with E-state index in [1.54, 1.807) is 6.07 Å². The third-order valence-electron chi connectivity index (χ3n) is 2.33. The molecule has 1 amide bonds. The zero-order valence-electron chi connectivity index (χ0n) is 9.45. The third kappa shape index (κ3) is 2.73. The van der Waals surface area contributed by atoms with E-state index >= 15 is 0 Å². The number of halogens is 1. The molecule has 1 N–H and O–H groups in total. The molecule has 0 saturated carbocycles. The van der Waals surface area contributed by atoms with Crippen LogP contribution in [0.25, 0.3) is 0 Å². The Morgan fingerprint density at radius 3 is 2.71 bits per heavy atom. The summed E-state index contributed by atoms with van der Waals surface area (Å²) in [6.45, 7) is 3.81. The molecule has 0 aliphatic heterocycles. The number of pyridine rings is 1. The van der Waals surface area contributed by atoms with Gasteiger partial charge >= 0.3 is 0 Å². The van der Waals surface area contributed by atoms with Crippen LogP contribution in [0.4, 0.5) is 5.82 Å². The molecule has 2 rings (SSSR count). The van der Waals surface area contributed by atoms with Crippen molar-refractivity contribution in [2.45, 2.75) is 13.8 Å². The molecule has 0 spiro atoms. The van der Waals surface area contributed by atoms with Crippen molar-refractivity contribution in [2.24, 2.45) is 0 Å². The van der Waals surface area contributed by atoms with Crippen molar-refractivity contribution in [1.82, 2.24) is 4.98 Å². The quantitative estimate of drug-likeness (QED) is 0.917. The molecule has 0 saturated heterocycles. The molecule has 2 aromatic rings. The Balaban J connectivity index is 2.19. The first kappa shape index (κ1) is 12.3. The lowest BCUT2D eigenvalue weighted by Gasteiger charge is -2.05. The fourth-order valence-electron chi connectivity index (χ4n) is 1.39. The van der Waals surface area contributed by atoms with E-state index < -0.39 is 0 Å². The van der Waals surface area contributed by atoms with E-state index in [-0.39, 0.29) is 5.91 Å². The average Bonchev–Trinajstić information content (AvgIpc) is 2.70. The highest BCUT2D eigenvalue weighted by Crippen LogP contribution is 2.19. The zero-order chi connectivity index (χ0) is 12.4. The summed E-state index contributed by atoms with van der Waals surface area (Å²) < 4.78 is 0.933. The molecule has 2 aromatic heterocycles. The second-order valence-corrected chi connectivity index (χ2v) is 5.42. The molecule has 0 radical (unpaired) electrons. The van der Waals surface area contributed by atoms with Crippen LogP contribution in [0.3, 0.4) is 0 Å². The van der Waals surface area contributed by atoms with Crippen LogP contribution in [-0.4, -0.2) is 10.9 Å². The summed E-state index contributed by atoms with van der Waals surface area (Å²) in [6.07, 6.45) is 0. The number of anilines is 1. The summed E-state index contributed by atoms with van der Waals surface area (Å²) in [5, 5.41) is 4.70. The maximum atomic E-state index is 11.9. The van der Waals surface area contributed by atoms with E-state index in [4.69, 9.17) is 0 Å². The summed E-state index contributed by atoms with van der Waals surface area (Å²) in [7, 11) is 0. The van der Waals surface area contributed by atoms with Crippen molar-refractivity contribution in [3.05, 3.63) is 44.2 Å². The Bertz CT molecular complexity index is 565. The Morgan fingerprint density at radius 1 is 1.35 bits per heavy atom. The van der Waals surface area contributed by atoms with Crippen molar-refractivity contribution in [1.29, 1.82) is 0 Å². The maximum absolute atomic E-state index is 11.9. The number of nitrogens with one attached hydrogen (secondary N) is 1. The highest BCUT2D eigenvalue weighted by molar-refractivity contribution is 9.10. The van der Waals surface area contributed by atoms with Crippen LogP contribution >= 0.6 is 27.3 Å². The molecule has 3 nitrogen and oxygen atoms in total. The minimum absolute atomic E-state index is 0.105. The zero-order valence-corrected chi connectivity index (χ0v) is 11.9. The fraction of sp³-hybridized carbons (Fsp3) is 0.167. The Morgan fingerprint density at radius 2 is 2.12 bits per heavy atom. The van der Waals surface area contributed by atoms with Crippen LogP contribution in [0.15, 0.2) is 28.1 Å². The van der Waals surface area contributed by atoms with Crippen molar-refractivity contribution in [3.63, 3.8) is 0 Å². The predicted octanol–water partition coefficient (Wildman–Crippen LogP) is 3.77. The van der Waals surface area contributed by atoms with Gasteiger partial charge in [-0.15, -0.1) is 11.3 Å². The van der Waals surface area contributed by atoms with Crippen LogP contribution in [0, 0.1) is 13.8 Å². The number of nitrogens with zero attached hydrogens (tertiary/aromatic N) is 1. The second-order valence-electron chi connectivity index (χ2n) is 3.65. The Kier molecular flexibility index (Phi) is 3.59. The van der Waals surface area contributed by atoms with Gasteiger partial charge in [0.25, 0.3) is 5.91 Å². The molecule has 2 heterocycles. The molecule has 0 atom stereocenters. The van der Waals surface area contributed by atoms with Gasteiger partial charge in [-0.3, -0.25) is 4.79 Å². The average molecular weight is 311 g/mol. The van der Waals surface area contributed by atoms with Gasteiger partial charge in [-0.05, 0) is 58.9 Å². The first-order valence-electron chi connectivity index (χ1n) is 5.06. The number of thiophene rings is 1. The summed E-state index contributed by atoms with van der Waals surface area (Å²) in [5.74, 6) is 0.468. The molecule has 0 fully saturated rings. The van der Waals surface area contributed by atoms with Crippen LogP contribution in [-0.2, 0) is 0 Å². The van der Waals surface area contributed by atoms with E-state index in [1.165, 1.54) is 11.3 Å². The number of amides is 1. The topological polar surface area (TPSA) is 42.0 Å². The monoisotopic (exact) mass is 310 g/mol. The molecule has 0 aromatic carbocycles. The van der Waals surface area contributed by atoms with Crippen molar-refractivity contribution < 1.29 is 4.79 Å². The SMILES string of the molecule is Cc1ccsc1C(=O)Nc1ccc(Br)c(C)n1. The lowest BCUT2D eigenvalue weighted by molar-refractivity contribution is 0.102. The third-order valence-corrected chi connectivity index (χ3v) is 4.18. The largest absolute Gasteiger partial charge is 0.306 e. The van der Waals surface area contributed by atoms with Crippen molar-refractivity contribution in [3.8, 4) is 0 Å². The van der Waals surface area contributed by atoms with E-state index in [9.17, 15) is 4.79 Å². The highest BCUT2D eigenvalue weighted by Gasteiger charge is 2.11. The minimum atomic E-state index is -0.105. The molecular weight excluding hydrogens is 300 g/mol. The number of aryl methyl sites for hydroxylation is 2. The van der Waals surface area contributed by atoms with Crippen LogP contribution in [0.2, 0.25) is 0 Å². The molecule has 0 aliphatic carbocycles. The fourth-order valence-corrected chi connectivity index (χ4v) is 2.43. The molecule has 17 heavy (non-hydrogen) atoms. The predicted molar refractivity (Wildman–Crippen MR) is 73.7 cm³/mol. The molecule has 0 unspecified atom stereocenters. The Labute approximate surface area is 112 Å². The van der Waals surface area contributed by atoms with Gasteiger partial charge in [-0.25, -0.2) is 4.98 Å². The molecule has 0 bridgehead atoms. The minimum Gasteiger partial charge on any atom is -0.306 e. The van der Waals surface area contributed by atoms with Crippen molar-refractivity contribution in [2.75, 3.05) is 5.32 Å². The van der Waals surface area contributed by atoms with Crippen molar-refractivity contribution >= 4 is 39.0 Å². The summed E-state index contributed by atoms with van der Waals surface area (Å²) in [5.41, 5.74) is 1.84. The van der Waals surface area contributed by atoms with Gasteiger partial charge in [0.1, 0.15) is 5.82 Å². The Hall–Kier alpha value is -1.20. The normalized spacial score (nSPS) is 10.3. The second kappa shape index (κ2) is 4.98. The van der Waals surface area contributed by atoms with Gasteiger partial charge in [0.05, 0.1) is 10.6 Å². The van der Waals surface area contributed by atoms with Gasteiger partial charge in [0.15, 0.2) is 0 Å². The van der Waals surface area contributed by atoms with Gasteiger partial charge in [0.2, 0.25) is 0 Å². The number of carbonyl (C=O) groups is 1. The number of carbonyl (C=O) groups excluding carboxylic acids is 1. The molecule has 88 valence electrons. The van der Waals surface area contributed by atoms with Crippen LogP contribution in [0.1, 0.15) is 20.9 Å². The van der Waals surface area contributed by atoms with E-state index in [1.807, 2.05) is 31.4 Å². The first-order chi connectivity index (χ1) is 8.08.